The molecule has 0 unspecified atom stereocenters. The van der Waals surface area contributed by atoms with Crippen molar-refractivity contribution in [3.8, 4) is 5.75 Å². The van der Waals surface area contributed by atoms with Gasteiger partial charge >= 0.3 is 18.1 Å². The third-order valence-electron chi connectivity index (χ3n) is 12.6. The third kappa shape index (κ3) is 10.8. The Labute approximate surface area is 348 Å². The molecule has 0 radical (unpaired) electrons. The number of likely N-dealkylation sites (tertiary alicyclic amines) is 3. The second-order valence-corrected chi connectivity index (χ2v) is 16.5. The van der Waals surface area contributed by atoms with E-state index in [1.54, 1.807) is 9.80 Å². The number of esters is 1. The summed E-state index contributed by atoms with van der Waals surface area (Å²) in [6.07, 6.45) is 3.64. The Morgan fingerprint density at radius 1 is 0.831 bits per heavy atom. The molecule has 15 heteroatoms. The van der Waals surface area contributed by atoms with Crippen molar-refractivity contribution in [2.24, 2.45) is 0 Å². The van der Waals surface area contributed by atoms with Crippen molar-refractivity contribution in [2.75, 3.05) is 90.5 Å². The number of piperazine rings is 1. The van der Waals surface area contributed by atoms with Crippen LogP contribution in [0.3, 0.4) is 0 Å². The molecular weight excluding hydrogens is 755 g/mol. The minimum absolute atomic E-state index is 0. The number of urea groups is 1. The number of rotatable bonds is 11. The summed E-state index contributed by atoms with van der Waals surface area (Å²) in [5.41, 5.74) is 4.16. The number of benzene rings is 2. The van der Waals surface area contributed by atoms with Gasteiger partial charge in [-0.2, -0.15) is 0 Å². The van der Waals surface area contributed by atoms with Crippen LogP contribution in [0, 0.1) is 13.8 Å². The second-order valence-electron chi connectivity index (χ2n) is 16.5. The molecule has 15 nitrogen and oxygen atoms in total. The number of phenols is 1. The van der Waals surface area contributed by atoms with Gasteiger partial charge in [-0.1, -0.05) is 37.8 Å². The predicted octanol–water partition coefficient (Wildman–Crippen LogP) is 4.02. The molecule has 7 rings (SSSR count). The van der Waals surface area contributed by atoms with Crippen molar-refractivity contribution in [1.29, 1.82) is 0 Å². The van der Waals surface area contributed by atoms with Gasteiger partial charge in [0.1, 0.15) is 12.4 Å². The molecule has 2 aromatic carbocycles. The number of fused-ring (bicyclic) bond motifs is 1. The van der Waals surface area contributed by atoms with Gasteiger partial charge in [0.2, 0.25) is 5.91 Å². The Morgan fingerprint density at radius 2 is 1.49 bits per heavy atom. The lowest BCUT2D eigenvalue weighted by Crippen LogP contribution is -2.55. The number of aromatic hydroxyl groups is 1. The Bertz CT molecular complexity index is 1790. The van der Waals surface area contributed by atoms with Crippen molar-refractivity contribution in [3.05, 3.63) is 58.7 Å². The van der Waals surface area contributed by atoms with Gasteiger partial charge in [0.25, 0.3) is 5.91 Å². The lowest BCUT2D eigenvalue weighted by atomic mass is 9.98. The van der Waals surface area contributed by atoms with Gasteiger partial charge in [0, 0.05) is 96.1 Å². The molecule has 0 aromatic heterocycles. The molecule has 2 N–H and O–H groups in total. The second kappa shape index (κ2) is 19.9. The fraction of sp³-hybridized carbons (Fsp3) is 0.614. The van der Waals surface area contributed by atoms with Crippen LogP contribution in [0.5, 0.6) is 5.75 Å². The molecule has 1 atom stereocenters. The van der Waals surface area contributed by atoms with Crippen LogP contribution >= 0.6 is 0 Å². The maximum absolute atomic E-state index is 14.2. The van der Waals surface area contributed by atoms with Crippen molar-refractivity contribution >= 4 is 35.6 Å². The number of carbonyl (C=O) groups excluding carboxylic acids is 5. The lowest BCUT2D eigenvalue weighted by molar-refractivity contribution is -0.147. The Kier molecular flexibility index (Phi) is 14.7. The monoisotopic (exact) mass is 817 g/mol. The summed E-state index contributed by atoms with van der Waals surface area (Å²) < 4.78 is 11.5. The Hall–Kier alpha value is -4.89. The van der Waals surface area contributed by atoms with E-state index in [2.05, 4.69) is 15.1 Å². The first-order chi connectivity index (χ1) is 28.0. The molecule has 0 spiro atoms. The maximum atomic E-state index is 14.2. The molecule has 5 aliphatic heterocycles. The zero-order valence-corrected chi connectivity index (χ0v) is 34.0. The number of nitrogens with zero attached hydrogens (tertiary/aromatic N) is 6. The first-order valence-corrected chi connectivity index (χ1v) is 21.1. The van der Waals surface area contributed by atoms with E-state index in [-0.39, 0.29) is 62.6 Å². The van der Waals surface area contributed by atoms with Crippen LogP contribution in [0.2, 0.25) is 0 Å². The topological polar surface area (TPSA) is 156 Å². The van der Waals surface area contributed by atoms with Gasteiger partial charge in [-0.15, -0.1) is 0 Å². The number of phenolic OH excluding ortho intramolecular Hbond substituents is 1. The van der Waals surface area contributed by atoms with Gasteiger partial charge in [-0.3, -0.25) is 24.2 Å². The van der Waals surface area contributed by atoms with Gasteiger partial charge < -0.3 is 39.5 Å². The van der Waals surface area contributed by atoms with E-state index in [0.717, 1.165) is 75.2 Å². The summed E-state index contributed by atoms with van der Waals surface area (Å²) in [7, 11) is 0. The average Bonchev–Trinajstić information content (AvgIpc) is 3.55. The average molecular weight is 818 g/mol. The number of carbonyl (C=O) groups is 5. The number of hydrogen-bond acceptors (Lipinski definition) is 10. The van der Waals surface area contributed by atoms with Crippen LogP contribution in [0.25, 0.3) is 0 Å². The number of hydrogen-bond donors (Lipinski definition) is 2. The van der Waals surface area contributed by atoms with E-state index < -0.39 is 12.2 Å². The fourth-order valence-electron chi connectivity index (χ4n) is 9.23. The molecule has 5 heterocycles. The van der Waals surface area contributed by atoms with Crippen molar-refractivity contribution in [3.63, 3.8) is 0 Å². The largest absolute Gasteiger partial charge is 0.507 e. The van der Waals surface area contributed by atoms with Crippen LogP contribution in [0.4, 0.5) is 15.3 Å². The molecule has 0 aliphatic carbocycles. The number of piperidine rings is 2. The first kappa shape index (κ1) is 43.7. The first-order valence-electron chi connectivity index (χ1n) is 21.1. The molecule has 59 heavy (non-hydrogen) atoms. The molecule has 322 valence electrons. The van der Waals surface area contributed by atoms with Gasteiger partial charge in [0.15, 0.2) is 6.10 Å². The highest BCUT2D eigenvalue weighted by Gasteiger charge is 2.37. The standard InChI is InChI=1S/C43H59N7O8.CH4/c1-30-26-32(27-31(2)40(30)53)28-37(58-43(56)49-17-12-35(13-18-49)50-19-9-33-6-3-4-7-36(33)44-42(50)55)41(54)48-15-10-34(11-16-48)46-22-20-45(21-23-46)29-39(52)57-25-24-47-14-5-8-38(47)51;/h3-4,6-7,26-27,34-35,37,53H,5,8-25,28-29H2,1-2H3,(H,44,55);1H4/t37-;/m1./s1. The smallest absolute Gasteiger partial charge is 0.410 e. The summed E-state index contributed by atoms with van der Waals surface area (Å²) in [6.45, 7) is 11.0. The lowest BCUT2D eigenvalue weighted by Gasteiger charge is -2.43. The van der Waals surface area contributed by atoms with Crippen molar-refractivity contribution < 1.29 is 38.6 Å². The Balaban J connectivity index is 0.00000585. The molecule has 2 aromatic rings. The van der Waals surface area contributed by atoms with E-state index in [0.29, 0.717) is 75.7 Å². The minimum Gasteiger partial charge on any atom is -0.507 e. The summed E-state index contributed by atoms with van der Waals surface area (Å²) in [6, 6.07) is 11.7. The van der Waals surface area contributed by atoms with Gasteiger partial charge in [-0.05, 0) is 80.7 Å². The zero-order chi connectivity index (χ0) is 40.8. The van der Waals surface area contributed by atoms with Crippen LogP contribution in [0.15, 0.2) is 36.4 Å². The van der Waals surface area contributed by atoms with E-state index >= 15 is 0 Å². The Morgan fingerprint density at radius 3 is 2.17 bits per heavy atom. The summed E-state index contributed by atoms with van der Waals surface area (Å²) in [5, 5.41) is 13.5. The van der Waals surface area contributed by atoms with Crippen molar-refractivity contribution in [2.45, 2.75) is 90.8 Å². The number of aryl methyl sites for hydroxylation is 2. The normalized spacial score (nSPS) is 20.4. The SMILES string of the molecule is C.Cc1cc(C[C@@H](OC(=O)N2CCC(N3CCc4ccccc4NC3=O)CC2)C(=O)N2CCC(N3CCN(CC(=O)OCCN4CCCC4=O)CC3)CC2)cc(C)c1O. The quantitative estimate of drug-likeness (QED) is 0.318. The van der Waals surface area contributed by atoms with Gasteiger partial charge in [-0.25, -0.2) is 9.59 Å². The van der Waals surface area contributed by atoms with Crippen molar-refractivity contribution in [1.82, 2.24) is 29.4 Å². The summed E-state index contributed by atoms with van der Waals surface area (Å²) in [4.78, 5) is 77.0. The highest BCUT2D eigenvalue weighted by Crippen LogP contribution is 2.28. The molecule has 4 saturated heterocycles. The number of para-hydroxylation sites is 1. The minimum atomic E-state index is -1.03. The number of amides is 5. The maximum Gasteiger partial charge on any atom is 0.410 e. The van der Waals surface area contributed by atoms with Gasteiger partial charge in [0.05, 0.1) is 13.1 Å². The highest BCUT2D eigenvalue weighted by molar-refractivity contribution is 5.91. The number of ether oxygens (including phenoxy) is 2. The van der Waals surface area contributed by atoms with Crippen LogP contribution in [0.1, 0.15) is 68.2 Å². The predicted molar refractivity (Wildman–Crippen MR) is 223 cm³/mol. The zero-order valence-electron chi connectivity index (χ0n) is 34.0. The molecule has 5 aliphatic rings. The number of anilines is 1. The van der Waals surface area contributed by atoms with E-state index in [1.807, 2.05) is 60.0 Å². The van der Waals surface area contributed by atoms with Crippen LogP contribution < -0.4 is 5.32 Å². The third-order valence-corrected chi connectivity index (χ3v) is 12.6. The van der Waals surface area contributed by atoms with E-state index in [9.17, 15) is 29.1 Å². The molecule has 0 saturated carbocycles. The van der Waals surface area contributed by atoms with E-state index in [1.165, 1.54) is 0 Å². The number of nitrogens with one attached hydrogen (secondary N) is 1. The molecule has 4 fully saturated rings. The van der Waals surface area contributed by atoms with Crippen LogP contribution in [-0.4, -0.2) is 168 Å². The highest BCUT2D eigenvalue weighted by atomic mass is 16.6. The van der Waals surface area contributed by atoms with Crippen LogP contribution in [-0.2, 0) is 36.7 Å². The molecule has 0 bridgehead atoms. The summed E-state index contributed by atoms with van der Waals surface area (Å²) >= 11 is 0. The fourth-order valence-corrected chi connectivity index (χ4v) is 9.23. The molecular formula is C44H63N7O8. The van der Waals surface area contributed by atoms with E-state index in [4.69, 9.17) is 9.47 Å². The molecule has 5 amide bonds. The summed E-state index contributed by atoms with van der Waals surface area (Å²) in [5.74, 6) is -0.148.